The number of ketones is 1. The summed E-state index contributed by atoms with van der Waals surface area (Å²) in [5.74, 6) is -6.12. The van der Waals surface area contributed by atoms with Crippen molar-refractivity contribution in [1.29, 1.82) is 0 Å². The molecular weight excluding hydrogens is 1150 g/mol. The minimum atomic E-state index is -1.84. The zero-order valence-corrected chi connectivity index (χ0v) is 53.4. The van der Waals surface area contributed by atoms with Crippen molar-refractivity contribution in [2.45, 2.75) is 208 Å². The van der Waals surface area contributed by atoms with Crippen LogP contribution in [0, 0.1) is 50.2 Å². The number of allylic oxidation sites excluding steroid dienone is 2. The standard InChI is InChI=1S/C64H93N3O21/c1-35(68)80-45-47(81-36(2)69)52(86-46-48(82-37(3)70)51(83-38(4)71)56(84-39(5)72)87-50(46)55(75)66-23-29-78-30-24-66)57(88-49(45)54(74)65-21-27-77-28-22-65)85-44-14-15-62(10)43(59(44,6)7)13-16-64(12)53(62)42(73)33-40-41-34-61(9,58(76)67-25-31-79-32-26-67)18-17-60(41,8)19-20-63(40,64)11/h33,41,43-53,56-57H,13-32,34H2,1-12H3. The van der Waals surface area contributed by atoms with Crippen molar-refractivity contribution in [3.63, 3.8) is 0 Å². The molecule has 24 heteroatoms. The third-order valence-corrected chi connectivity index (χ3v) is 22.6. The normalized spacial score (nSPS) is 41.5. The van der Waals surface area contributed by atoms with E-state index in [1.54, 1.807) is 0 Å². The first-order valence-corrected chi connectivity index (χ1v) is 31.8. The zero-order valence-electron chi connectivity index (χ0n) is 53.4. The molecule has 5 aliphatic heterocycles. The van der Waals surface area contributed by atoms with E-state index in [0.29, 0.717) is 52.0 Å². The van der Waals surface area contributed by atoms with Crippen LogP contribution in [0.5, 0.6) is 0 Å². The second-order valence-electron chi connectivity index (χ2n) is 28.3. The number of rotatable bonds is 12. The monoisotopic (exact) mass is 1240 g/mol. The molecule has 88 heavy (non-hydrogen) atoms. The fraction of sp³-hybridized carbons (Fsp3) is 0.828. The highest BCUT2D eigenvalue weighted by atomic mass is 16.8. The molecule has 0 N–H and O–H groups in total. The molecule has 5 heterocycles. The first-order chi connectivity index (χ1) is 41.5. The summed E-state index contributed by atoms with van der Waals surface area (Å²) in [7, 11) is 0. The van der Waals surface area contributed by atoms with Crippen LogP contribution in [-0.2, 0) is 100.0 Å². The number of esters is 5. The topological polar surface area (TPSA) is 274 Å². The Labute approximate surface area is 515 Å². The Morgan fingerprint density at radius 2 is 0.977 bits per heavy atom. The maximum absolute atomic E-state index is 15.7. The number of fused-ring (bicyclic) bond motifs is 7. The van der Waals surface area contributed by atoms with Crippen molar-refractivity contribution >= 4 is 53.4 Å². The van der Waals surface area contributed by atoms with Crippen LogP contribution in [0.2, 0.25) is 0 Å². The molecule has 19 unspecified atom stereocenters. The van der Waals surface area contributed by atoms with Crippen LogP contribution in [0.15, 0.2) is 11.6 Å². The second-order valence-corrected chi connectivity index (χ2v) is 28.3. The lowest BCUT2D eigenvalue weighted by Gasteiger charge is -2.70. The number of hydrogen-bond acceptors (Lipinski definition) is 21. The van der Waals surface area contributed by atoms with Crippen molar-refractivity contribution in [2.24, 2.45) is 50.2 Å². The van der Waals surface area contributed by atoms with Gasteiger partial charge in [-0.1, -0.05) is 54.0 Å². The number of hydrogen-bond donors (Lipinski definition) is 0. The fourth-order valence-corrected chi connectivity index (χ4v) is 18.0. The molecule has 0 radical (unpaired) electrons. The summed E-state index contributed by atoms with van der Waals surface area (Å²) in [5, 5.41) is 0. The summed E-state index contributed by atoms with van der Waals surface area (Å²) in [6, 6.07) is 0. The Morgan fingerprint density at radius 3 is 1.52 bits per heavy atom. The van der Waals surface area contributed by atoms with Crippen LogP contribution in [0.1, 0.15) is 141 Å². The molecule has 0 spiro atoms. The van der Waals surface area contributed by atoms with E-state index in [2.05, 4.69) is 48.5 Å². The summed E-state index contributed by atoms with van der Waals surface area (Å²) >= 11 is 0. The number of carbonyl (C=O) groups excluding carboxylic acids is 9. The van der Waals surface area contributed by atoms with Gasteiger partial charge in [0, 0.05) is 85.2 Å². The van der Waals surface area contributed by atoms with Crippen LogP contribution in [0.3, 0.4) is 0 Å². The van der Waals surface area contributed by atoms with E-state index in [1.165, 1.54) is 15.4 Å². The second kappa shape index (κ2) is 25.2. The van der Waals surface area contributed by atoms with E-state index in [9.17, 15) is 28.8 Å². The molecule has 490 valence electrons. The summed E-state index contributed by atoms with van der Waals surface area (Å²) in [5.41, 5.74) is -1.62. The zero-order chi connectivity index (χ0) is 63.6. The number of carbonyl (C=O) groups is 9. The van der Waals surface area contributed by atoms with Crippen LogP contribution in [0.4, 0.5) is 0 Å². The maximum Gasteiger partial charge on any atom is 0.305 e. The summed E-state index contributed by atoms with van der Waals surface area (Å²) in [6.07, 6.45) is -9.95. The number of amides is 3. The molecule has 9 fully saturated rings. The van der Waals surface area contributed by atoms with Gasteiger partial charge in [-0.15, -0.1) is 0 Å². The summed E-state index contributed by atoms with van der Waals surface area (Å²) in [4.78, 5) is 131. The number of ether oxygens (including phenoxy) is 12. The van der Waals surface area contributed by atoms with E-state index in [-0.39, 0.29) is 92.9 Å². The largest absolute Gasteiger partial charge is 0.455 e. The molecule has 10 aliphatic rings. The van der Waals surface area contributed by atoms with Crippen molar-refractivity contribution < 1.29 is 100.0 Å². The van der Waals surface area contributed by atoms with E-state index in [1.807, 2.05) is 11.0 Å². The molecule has 3 amide bonds. The van der Waals surface area contributed by atoms with Crippen molar-refractivity contribution in [2.75, 3.05) is 78.9 Å². The SMILES string of the molecule is CC(=O)OC1OC(C(=O)N2CCOCC2)C(OC2C(OC3CCC4(C)C(CCC5(C)C4C(=O)C=C4C6CC(C)(C(=O)N7CCOCC7)CCC6(C)CCC45C)C3(C)C)OC(C(=O)N3CCOCC3)C(OC(C)=O)C2OC(C)=O)C(OC(C)=O)C1OC(C)=O. The average molecular weight is 1240 g/mol. The Balaban J connectivity index is 1.03. The van der Waals surface area contributed by atoms with Gasteiger partial charge in [0.25, 0.3) is 11.8 Å². The lowest BCUT2D eigenvalue weighted by atomic mass is 9.33. The van der Waals surface area contributed by atoms with E-state index in [0.717, 1.165) is 66.7 Å². The van der Waals surface area contributed by atoms with E-state index < -0.39 is 131 Å². The third-order valence-electron chi connectivity index (χ3n) is 22.6. The molecule has 0 aromatic rings. The molecule has 0 bridgehead atoms. The van der Waals surface area contributed by atoms with Gasteiger partial charge in [-0.05, 0) is 103 Å². The average Bonchev–Trinajstić information content (AvgIpc) is 0.693. The van der Waals surface area contributed by atoms with Crippen LogP contribution in [-0.4, -0.2) is 214 Å². The minimum absolute atomic E-state index is 0.0452. The first-order valence-electron chi connectivity index (χ1n) is 31.8. The molecule has 10 rings (SSSR count). The maximum atomic E-state index is 15.7. The van der Waals surface area contributed by atoms with Gasteiger partial charge >= 0.3 is 29.8 Å². The smallest absolute Gasteiger partial charge is 0.305 e. The van der Waals surface area contributed by atoms with Gasteiger partial charge in [-0.2, -0.15) is 0 Å². The molecule has 0 aromatic carbocycles. The van der Waals surface area contributed by atoms with Crippen molar-refractivity contribution in [3.8, 4) is 0 Å². The molecule has 5 aliphatic carbocycles. The quantitative estimate of drug-likeness (QED) is 0.149. The molecule has 19 atom stereocenters. The lowest BCUT2D eigenvalue weighted by Crippen LogP contribution is -2.70. The molecular formula is C64H93N3O21. The van der Waals surface area contributed by atoms with Crippen LogP contribution in [0.25, 0.3) is 0 Å². The van der Waals surface area contributed by atoms with Gasteiger partial charge < -0.3 is 71.5 Å². The highest BCUT2D eigenvalue weighted by Gasteiger charge is 2.71. The third kappa shape index (κ3) is 12.1. The highest BCUT2D eigenvalue weighted by Crippen LogP contribution is 2.75. The van der Waals surface area contributed by atoms with Crippen molar-refractivity contribution in [1.82, 2.24) is 14.7 Å². The molecule has 5 saturated heterocycles. The van der Waals surface area contributed by atoms with E-state index in [4.69, 9.17) is 56.8 Å². The van der Waals surface area contributed by atoms with Gasteiger partial charge in [0.1, 0.15) is 12.2 Å². The Morgan fingerprint density at radius 1 is 0.500 bits per heavy atom. The fourth-order valence-electron chi connectivity index (χ4n) is 18.0. The molecule has 0 aromatic heterocycles. The van der Waals surface area contributed by atoms with Crippen LogP contribution < -0.4 is 0 Å². The number of nitrogens with zero attached hydrogens (tertiary/aromatic N) is 3. The van der Waals surface area contributed by atoms with Gasteiger partial charge in [-0.25, -0.2) is 0 Å². The van der Waals surface area contributed by atoms with Gasteiger partial charge in [0.05, 0.1) is 45.7 Å². The number of morpholine rings is 3. The molecule has 4 saturated carbocycles. The van der Waals surface area contributed by atoms with E-state index >= 15 is 14.4 Å². The Hall–Kier alpha value is -5.11. The Kier molecular flexibility index (Phi) is 18.8. The molecule has 24 nitrogen and oxygen atoms in total. The van der Waals surface area contributed by atoms with Gasteiger partial charge in [0.2, 0.25) is 18.3 Å². The Bertz CT molecular complexity index is 2760. The van der Waals surface area contributed by atoms with Crippen molar-refractivity contribution in [3.05, 3.63) is 11.6 Å². The van der Waals surface area contributed by atoms with Crippen LogP contribution >= 0.6 is 0 Å². The highest BCUT2D eigenvalue weighted by molar-refractivity contribution is 5.96. The predicted molar refractivity (Wildman–Crippen MR) is 306 cm³/mol. The predicted octanol–water partition coefficient (Wildman–Crippen LogP) is 4.42. The summed E-state index contributed by atoms with van der Waals surface area (Å²) in [6.45, 7) is 24.4. The van der Waals surface area contributed by atoms with Gasteiger partial charge in [0.15, 0.2) is 42.6 Å². The lowest BCUT2D eigenvalue weighted by molar-refractivity contribution is -0.356. The first kappa shape index (κ1) is 65.8. The minimum Gasteiger partial charge on any atom is -0.455 e. The van der Waals surface area contributed by atoms with Gasteiger partial charge in [-0.3, -0.25) is 43.2 Å². The summed E-state index contributed by atoms with van der Waals surface area (Å²) < 4.78 is 73.7.